The minimum atomic E-state index is -0.854. The normalized spacial score (nSPS) is 15.7. The number of H-pyrrole nitrogens is 1. The van der Waals surface area contributed by atoms with Gasteiger partial charge in [-0.25, -0.2) is 9.18 Å². The van der Waals surface area contributed by atoms with Crippen LogP contribution < -0.4 is 11.0 Å². The van der Waals surface area contributed by atoms with Crippen molar-refractivity contribution < 1.29 is 9.18 Å². The number of hydrogen-bond acceptors (Lipinski definition) is 3. The largest absolute Gasteiger partial charge is 0.326 e. The number of rotatable bonds is 3. The molecule has 1 atom stereocenters. The summed E-state index contributed by atoms with van der Waals surface area (Å²) in [6.45, 7) is 1.69. The topological polar surface area (TPSA) is 79.2 Å². The first-order valence-corrected chi connectivity index (χ1v) is 10.8. The van der Waals surface area contributed by atoms with Crippen LogP contribution >= 0.6 is 11.6 Å². The number of anilines is 1. The SMILES string of the molecule is Cc1cccc(CC2N=C(c3ccc4c(c3)[nH]c(=O)n4C)c3cc(Cl)ccc3NC2=O)c1F. The number of imidazole rings is 1. The van der Waals surface area contributed by atoms with Crippen LogP contribution in [-0.2, 0) is 18.3 Å². The molecule has 2 N–H and O–H groups in total. The molecule has 0 spiro atoms. The summed E-state index contributed by atoms with van der Waals surface area (Å²) in [4.78, 5) is 32.7. The smallest absolute Gasteiger partial charge is 0.324 e. The van der Waals surface area contributed by atoms with Gasteiger partial charge in [-0.3, -0.25) is 14.4 Å². The lowest BCUT2D eigenvalue weighted by Gasteiger charge is -2.13. The van der Waals surface area contributed by atoms with Gasteiger partial charge in [0, 0.05) is 29.6 Å². The van der Waals surface area contributed by atoms with E-state index in [1.165, 1.54) is 4.57 Å². The quantitative estimate of drug-likeness (QED) is 0.474. The van der Waals surface area contributed by atoms with Crippen LogP contribution in [0.5, 0.6) is 0 Å². The lowest BCUT2D eigenvalue weighted by molar-refractivity contribution is -0.117. The molecular weight excluding hydrogens is 443 g/mol. The van der Waals surface area contributed by atoms with E-state index in [1.807, 2.05) is 18.2 Å². The van der Waals surface area contributed by atoms with Gasteiger partial charge in [-0.2, -0.15) is 0 Å². The molecule has 4 aromatic rings. The highest BCUT2D eigenvalue weighted by Crippen LogP contribution is 2.29. The number of aromatic amines is 1. The molecular formula is C25H20ClFN4O2. The summed E-state index contributed by atoms with van der Waals surface area (Å²) in [6, 6.07) is 14.9. The maximum Gasteiger partial charge on any atom is 0.326 e. The predicted octanol–water partition coefficient (Wildman–Crippen LogP) is 4.37. The molecule has 0 bridgehead atoms. The van der Waals surface area contributed by atoms with Gasteiger partial charge in [-0.15, -0.1) is 0 Å². The number of aryl methyl sites for hydroxylation is 2. The van der Waals surface area contributed by atoms with Crippen LogP contribution in [0.1, 0.15) is 22.3 Å². The number of nitrogens with zero attached hydrogens (tertiary/aromatic N) is 2. The Morgan fingerprint density at radius 1 is 1.12 bits per heavy atom. The summed E-state index contributed by atoms with van der Waals surface area (Å²) in [5.74, 6) is -0.668. The van der Waals surface area contributed by atoms with Crippen LogP contribution in [0.15, 0.2) is 64.4 Å². The predicted molar refractivity (Wildman–Crippen MR) is 128 cm³/mol. The highest BCUT2D eigenvalue weighted by atomic mass is 35.5. The number of fused-ring (bicyclic) bond motifs is 2. The highest BCUT2D eigenvalue weighted by Gasteiger charge is 2.27. The summed E-state index contributed by atoms with van der Waals surface area (Å²) in [7, 11) is 1.69. The van der Waals surface area contributed by atoms with E-state index >= 15 is 0 Å². The molecule has 166 valence electrons. The van der Waals surface area contributed by atoms with Gasteiger partial charge in [0.2, 0.25) is 5.91 Å². The van der Waals surface area contributed by atoms with Crippen LogP contribution in [0, 0.1) is 12.7 Å². The minimum Gasteiger partial charge on any atom is -0.324 e. The molecule has 0 saturated carbocycles. The molecule has 0 fully saturated rings. The first-order chi connectivity index (χ1) is 15.8. The third-order valence-electron chi connectivity index (χ3n) is 5.94. The van der Waals surface area contributed by atoms with Crippen molar-refractivity contribution in [2.75, 3.05) is 5.32 Å². The van der Waals surface area contributed by atoms with Crippen LogP contribution in [0.4, 0.5) is 10.1 Å². The molecule has 1 aliphatic heterocycles. The van der Waals surface area contributed by atoms with E-state index in [0.717, 1.165) is 5.52 Å². The van der Waals surface area contributed by atoms with E-state index in [4.69, 9.17) is 16.6 Å². The Kier molecular flexibility index (Phi) is 5.13. The number of benzene rings is 3. The van der Waals surface area contributed by atoms with Crippen molar-refractivity contribution in [2.24, 2.45) is 12.0 Å². The molecule has 3 aromatic carbocycles. The molecule has 0 radical (unpaired) electrons. The second-order valence-corrected chi connectivity index (χ2v) is 8.58. The van der Waals surface area contributed by atoms with Crippen molar-refractivity contribution in [1.29, 1.82) is 0 Å². The molecule has 1 aliphatic rings. The number of aromatic nitrogens is 2. The third-order valence-corrected chi connectivity index (χ3v) is 6.18. The van der Waals surface area contributed by atoms with Crippen LogP contribution in [0.3, 0.4) is 0 Å². The van der Waals surface area contributed by atoms with E-state index in [-0.39, 0.29) is 23.8 Å². The molecule has 2 heterocycles. The first kappa shape index (κ1) is 21.2. The van der Waals surface area contributed by atoms with Crippen LogP contribution in [0.25, 0.3) is 11.0 Å². The number of hydrogen-bond donors (Lipinski definition) is 2. The molecule has 1 aromatic heterocycles. The second-order valence-electron chi connectivity index (χ2n) is 8.15. The Labute approximate surface area is 193 Å². The zero-order chi connectivity index (χ0) is 23.3. The Bertz CT molecular complexity index is 1520. The monoisotopic (exact) mass is 462 g/mol. The van der Waals surface area contributed by atoms with Gasteiger partial charge >= 0.3 is 5.69 Å². The minimum absolute atomic E-state index is 0.106. The number of benzodiazepines with no additional fused rings is 1. The van der Waals surface area contributed by atoms with Gasteiger partial charge in [0.05, 0.1) is 22.4 Å². The number of nitrogens with one attached hydrogen (secondary N) is 2. The first-order valence-electron chi connectivity index (χ1n) is 10.4. The van der Waals surface area contributed by atoms with Crippen molar-refractivity contribution in [1.82, 2.24) is 9.55 Å². The van der Waals surface area contributed by atoms with Crippen molar-refractivity contribution in [3.63, 3.8) is 0 Å². The molecule has 0 aliphatic carbocycles. The molecule has 1 unspecified atom stereocenters. The molecule has 0 saturated heterocycles. The molecule has 5 rings (SSSR count). The standard InChI is InChI=1S/C25H20ClFN4O2/c1-13-4-3-5-14(22(13)27)10-20-24(32)29-18-8-7-16(26)12-17(18)23(28-20)15-6-9-21-19(11-15)30-25(33)31(21)2/h3-9,11-12,20H,10H2,1-2H3,(H,29,32)(H,30,33). The Morgan fingerprint density at radius 2 is 1.94 bits per heavy atom. The zero-order valence-corrected chi connectivity index (χ0v) is 18.7. The van der Waals surface area contributed by atoms with E-state index < -0.39 is 6.04 Å². The molecule has 6 nitrogen and oxygen atoms in total. The maximum atomic E-state index is 14.7. The Morgan fingerprint density at radius 3 is 2.76 bits per heavy atom. The van der Waals surface area contributed by atoms with Crippen molar-refractivity contribution in [3.8, 4) is 0 Å². The summed E-state index contributed by atoms with van der Waals surface area (Å²) in [6.07, 6.45) is 0.106. The van der Waals surface area contributed by atoms with Gasteiger partial charge < -0.3 is 10.3 Å². The fourth-order valence-corrected chi connectivity index (χ4v) is 4.32. The highest BCUT2D eigenvalue weighted by molar-refractivity contribution is 6.32. The fourth-order valence-electron chi connectivity index (χ4n) is 4.15. The van der Waals surface area contributed by atoms with Gasteiger partial charge in [0.1, 0.15) is 11.9 Å². The lowest BCUT2D eigenvalue weighted by Crippen LogP contribution is -2.28. The number of amides is 1. The van der Waals surface area contributed by atoms with Gasteiger partial charge in [0.25, 0.3) is 0 Å². The number of aliphatic imine (C=N–C) groups is 1. The fraction of sp³-hybridized carbons (Fsp3) is 0.160. The second kappa shape index (κ2) is 8.01. The van der Waals surface area contributed by atoms with Crippen LogP contribution in [-0.4, -0.2) is 27.2 Å². The summed E-state index contributed by atoms with van der Waals surface area (Å²) < 4.78 is 16.2. The molecule has 8 heteroatoms. The van der Waals surface area contributed by atoms with Crippen molar-refractivity contribution in [3.05, 3.63) is 98.2 Å². The molecule has 33 heavy (non-hydrogen) atoms. The Hall–Kier alpha value is -3.71. The van der Waals surface area contributed by atoms with Gasteiger partial charge in [0.15, 0.2) is 0 Å². The average molecular weight is 463 g/mol. The van der Waals surface area contributed by atoms with E-state index in [2.05, 4.69) is 10.3 Å². The number of halogens is 2. The number of carbonyl (C=O) groups is 1. The zero-order valence-electron chi connectivity index (χ0n) is 17.9. The summed E-state index contributed by atoms with van der Waals surface area (Å²) >= 11 is 6.27. The van der Waals surface area contributed by atoms with Crippen molar-refractivity contribution >= 4 is 39.9 Å². The van der Waals surface area contributed by atoms with E-state index in [0.29, 0.717) is 44.2 Å². The van der Waals surface area contributed by atoms with Gasteiger partial charge in [-0.1, -0.05) is 35.9 Å². The lowest BCUT2D eigenvalue weighted by atomic mass is 9.99. The van der Waals surface area contributed by atoms with E-state index in [9.17, 15) is 14.0 Å². The Balaban J connectivity index is 1.68. The van der Waals surface area contributed by atoms with E-state index in [1.54, 1.807) is 50.4 Å². The number of carbonyl (C=O) groups excluding carboxylic acids is 1. The summed E-state index contributed by atoms with van der Waals surface area (Å²) in [5.41, 5.74) is 4.57. The average Bonchev–Trinajstić information content (AvgIpc) is 2.99. The molecule has 1 amide bonds. The van der Waals surface area contributed by atoms with Crippen LogP contribution in [0.2, 0.25) is 5.02 Å². The van der Waals surface area contributed by atoms with Gasteiger partial charge in [-0.05, 0) is 48.4 Å². The maximum absolute atomic E-state index is 14.7. The third kappa shape index (κ3) is 3.74. The summed E-state index contributed by atoms with van der Waals surface area (Å²) in [5, 5.41) is 3.40. The van der Waals surface area contributed by atoms with Crippen molar-refractivity contribution in [2.45, 2.75) is 19.4 Å².